The number of ether oxygens (including phenoxy) is 1. The molecule has 34 heavy (non-hydrogen) atoms. The minimum atomic E-state index is 0.840. The Kier molecular flexibility index (Phi) is 8.64. The average molecular weight is 455 g/mol. The highest BCUT2D eigenvalue weighted by molar-refractivity contribution is 5.43. The molecule has 0 aliphatic heterocycles. The molecule has 0 radical (unpaired) electrons. The number of nitrogens with zero attached hydrogens (tertiary/aromatic N) is 2. The van der Waals surface area contributed by atoms with Crippen molar-refractivity contribution in [3.63, 3.8) is 0 Å². The van der Waals surface area contributed by atoms with Crippen LogP contribution in [0.25, 0.3) is 0 Å². The van der Waals surface area contributed by atoms with Gasteiger partial charge in [0.05, 0.1) is 35.3 Å². The van der Waals surface area contributed by atoms with Crippen molar-refractivity contribution in [2.75, 3.05) is 35.3 Å². The van der Waals surface area contributed by atoms with Gasteiger partial charge in [0.1, 0.15) is 30.2 Å². The molecule has 0 unspecified atom stereocenters. The highest BCUT2D eigenvalue weighted by Gasteiger charge is 2.19. The Morgan fingerprint density at radius 3 is 1.21 bits per heavy atom. The molecule has 0 bridgehead atoms. The molecule has 0 atom stereocenters. The fourth-order valence-corrected chi connectivity index (χ4v) is 4.07. The van der Waals surface area contributed by atoms with E-state index in [1.54, 1.807) is 7.11 Å². The van der Waals surface area contributed by atoms with Crippen LogP contribution in [0.2, 0.25) is 0 Å². The van der Waals surface area contributed by atoms with E-state index < -0.39 is 0 Å². The quantitative estimate of drug-likeness (QED) is 0.276. The first-order valence-electron chi connectivity index (χ1n) is 11.7. The summed E-state index contributed by atoms with van der Waals surface area (Å²) >= 11 is 0. The molecule has 0 fully saturated rings. The lowest BCUT2D eigenvalue weighted by Gasteiger charge is -2.29. The minimum absolute atomic E-state index is 0.840. The Labute approximate surface area is 205 Å². The van der Waals surface area contributed by atoms with Gasteiger partial charge in [0.2, 0.25) is 0 Å². The molecule has 4 rings (SSSR count). The van der Waals surface area contributed by atoms with Crippen molar-refractivity contribution in [2.24, 2.45) is 0 Å². The monoisotopic (exact) mass is 454 g/mol. The van der Waals surface area contributed by atoms with E-state index in [4.69, 9.17) is 4.74 Å². The van der Waals surface area contributed by atoms with Crippen LogP contribution in [-0.2, 0) is 13.1 Å². The first-order chi connectivity index (χ1) is 16.3. The molecule has 4 aromatic rings. The number of quaternary nitrogens is 2. The van der Waals surface area contributed by atoms with Crippen LogP contribution in [0.5, 0.6) is 5.75 Å². The van der Waals surface area contributed by atoms with Crippen LogP contribution in [0, 0.1) is 0 Å². The third-order valence-electron chi connectivity index (χ3n) is 6.07. The second-order valence-electron chi connectivity index (χ2n) is 9.69. The van der Waals surface area contributed by atoms with Crippen molar-refractivity contribution in [1.29, 1.82) is 0 Å². The number of hydrogen-bond acceptors (Lipinski definition) is 1. The van der Waals surface area contributed by atoms with Crippen molar-refractivity contribution < 1.29 is 4.74 Å². The maximum atomic E-state index is 5.18. The van der Waals surface area contributed by atoms with Crippen LogP contribution in [0.1, 0.15) is 11.1 Å². The molecular weight excluding hydrogens is 416 g/mol. The normalized spacial score (nSPS) is 11.3. The van der Waals surface area contributed by atoms with Crippen LogP contribution < -0.4 is 13.7 Å². The van der Waals surface area contributed by atoms with Gasteiger partial charge in [-0.05, 0) is 48.5 Å². The number of rotatable bonds is 7. The summed E-state index contributed by atoms with van der Waals surface area (Å²) in [7, 11) is 10.6. The minimum Gasteiger partial charge on any atom is -0.497 e. The molecule has 3 heteroatoms. The molecule has 0 N–H and O–H groups in total. The van der Waals surface area contributed by atoms with Gasteiger partial charge in [0.25, 0.3) is 0 Å². The van der Waals surface area contributed by atoms with E-state index in [9.17, 15) is 0 Å². The lowest BCUT2D eigenvalue weighted by molar-refractivity contribution is 0.390. The van der Waals surface area contributed by atoms with Gasteiger partial charge in [-0.1, -0.05) is 66.7 Å². The third-order valence-corrected chi connectivity index (χ3v) is 6.07. The molecule has 0 spiro atoms. The number of methoxy groups -OCH3 is 1. The standard InChI is InChI=1S/C16H20NO.C15H18N/c1-17(2,15-7-5-4-6-8-15)13-14-9-11-16(18-3)12-10-14;1-16(2,15-11-7-4-8-12-15)13-14-9-5-3-6-10-14/h4-12H,13H2,1-3H3;3-12H,13H2,1-2H3/q2*+1. The van der Waals surface area contributed by atoms with Crippen LogP contribution in [0.15, 0.2) is 115 Å². The summed E-state index contributed by atoms with van der Waals surface area (Å²) in [6.07, 6.45) is 0. The molecule has 0 aliphatic rings. The summed E-state index contributed by atoms with van der Waals surface area (Å²) < 4.78 is 6.90. The molecule has 0 saturated heterocycles. The Morgan fingerprint density at radius 1 is 0.471 bits per heavy atom. The summed E-state index contributed by atoms with van der Waals surface area (Å²) in [5, 5.41) is 0. The molecule has 0 heterocycles. The van der Waals surface area contributed by atoms with Crippen molar-refractivity contribution in [3.8, 4) is 5.75 Å². The van der Waals surface area contributed by atoms with Crippen molar-refractivity contribution in [1.82, 2.24) is 8.97 Å². The molecule has 0 amide bonds. The number of para-hydroxylation sites is 2. The summed E-state index contributed by atoms with van der Waals surface area (Å²) in [6.45, 7) is 1.98. The second kappa shape index (κ2) is 11.6. The molecule has 0 aliphatic carbocycles. The summed E-state index contributed by atoms with van der Waals surface area (Å²) in [6, 6.07) is 40.1. The molecule has 0 aromatic heterocycles. The fraction of sp³-hybridized carbons (Fsp3) is 0.226. The maximum Gasteiger partial charge on any atom is 0.132 e. The summed E-state index contributed by atoms with van der Waals surface area (Å²) in [4.78, 5) is 0. The van der Waals surface area contributed by atoms with Gasteiger partial charge in [0, 0.05) is 11.1 Å². The highest BCUT2D eigenvalue weighted by Crippen LogP contribution is 2.23. The van der Waals surface area contributed by atoms with Gasteiger partial charge in [-0.2, -0.15) is 0 Å². The Hall–Kier alpha value is -3.40. The molecule has 176 valence electrons. The number of benzene rings is 4. The van der Waals surface area contributed by atoms with Gasteiger partial charge >= 0.3 is 0 Å². The summed E-state index contributed by atoms with van der Waals surface area (Å²) in [5.41, 5.74) is 5.33. The predicted octanol–water partition coefficient (Wildman–Crippen LogP) is 6.92. The molecule has 3 nitrogen and oxygen atoms in total. The van der Waals surface area contributed by atoms with E-state index in [0.717, 1.165) is 27.8 Å². The zero-order chi connectivity index (χ0) is 24.4. The lowest BCUT2D eigenvalue weighted by atomic mass is 10.1. The molecular formula is C31H38N2O+2. The third kappa shape index (κ3) is 7.31. The van der Waals surface area contributed by atoms with Crippen LogP contribution in [-0.4, -0.2) is 35.3 Å². The lowest BCUT2D eigenvalue weighted by Crippen LogP contribution is -2.39. The van der Waals surface area contributed by atoms with E-state index >= 15 is 0 Å². The van der Waals surface area contributed by atoms with Gasteiger partial charge < -0.3 is 4.74 Å². The van der Waals surface area contributed by atoms with Crippen LogP contribution in [0.3, 0.4) is 0 Å². The maximum absolute atomic E-state index is 5.18. The van der Waals surface area contributed by atoms with E-state index in [-0.39, 0.29) is 0 Å². The van der Waals surface area contributed by atoms with Gasteiger partial charge in [-0.15, -0.1) is 0 Å². The average Bonchev–Trinajstić information content (AvgIpc) is 2.86. The largest absolute Gasteiger partial charge is 0.497 e. The predicted molar refractivity (Wildman–Crippen MR) is 147 cm³/mol. The topological polar surface area (TPSA) is 9.23 Å². The van der Waals surface area contributed by atoms with E-state index in [0.29, 0.717) is 0 Å². The van der Waals surface area contributed by atoms with Gasteiger partial charge in [-0.3, -0.25) is 8.97 Å². The number of hydrogen-bond donors (Lipinski definition) is 0. The smallest absolute Gasteiger partial charge is 0.132 e. The van der Waals surface area contributed by atoms with Crippen molar-refractivity contribution >= 4 is 11.4 Å². The SMILES string of the molecule is COc1ccc(C[N+](C)(C)c2ccccc2)cc1.C[N+](C)(Cc1ccccc1)c1ccccc1. The zero-order valence-corrected chi connectivity index (χ0v) is 21.2. The zero-order valence-electron chi connectivity index (χ0n) is 21.2. The van der Waals surface area contributed by atoms with Gasteiger partial charge in [0.15, 0.2) is 0 Å². The van der Waals surface area contributed by atoms with Crippen LogP contribution in [0.4, 0.5) is 11.4 Å². The summed E-state index contributed by atoms with van der Waals surface area (Å²) in [5.74, 6) is 0.906. The van der Waals surface area contributed by atoms with Crippen molar-refractivity contribution in [2.45, 2.75) is 13.1 Å². The molecule has 4 aromatic carbocycles. The van der Waals surface area contributed by atoms with E-state index in [2.05, 4.69) is 131 Å². The second-order valence-corrected chi connectivity index (χ2v) is 9.69. The first-order valence-corrected chi connectivity index (χ1v) is 11.7. The van der Waals surface area contributed by atoms with E-state index in [1.165, 1.54) is 22.5 Å². The fourth-order valence-electron chi connectivity index (χ4n) is 4.07. The van der Waals surface area contributed by atoms with Crippen LogP contribution >= 0.6 is 0 Å². The molecule has 0 saturated carbocycles. The van der Waals surface area contributed by atoms with Gasteiger partial charge in [-0.25, -0.2) is 0 Å². The van der Waals surface area contributed by atoms with Crippen molar-refractivity contribution in [3.05, 3.63) is 126 Å². The van der Waals surface area contributed by atoms with E-state index in [1.807, 2.05) is 12.1 Å². The highest BCUT2D eigenvalue weighted by atomic mass is 16.5. The Bertz CT molecular complexity index is 1110. The Morgan fingerprint density at radius 2 is 0.824 bits per heavy atom. The Balaban J connectivity index is 0.000000192. The first kappa shape index (κ1) is 25.2.